The van der Waals surface area contributed by atoms with Crippen LogP contribution in [0.5, 0.6) is 0 Å². The molecule has 0 amide bonds. The van der Waals surface area contributed by atoms with E-state index in [2.05, 4.69) is 0 Å². The zero-order chi connectivity index (χ0) is 0. The summed E-state index contributed by atoms with van der Waals surface area (Å²) >= 11 is 0. The predicted molar refractivity (Wildman–Crippen MR) is 1.37 cm³/mol. The van der Waals surface area contributed by atoms with Crippen molar-refractivity contribution in [1.82, 2.24) is 0 Å². The average molecular weight is 197 g/mol. The number of rotatable bonds is 0. The predicted octanol–water partition coefficient (Wildman–Crippen LogP) is -0.245. The summed E-state index contributed by atoms with van der Waals surface area (Å²) in [6.07, 6.45) is 0. The molecule has 0 aromatic carbocycles. The molecule has 0 atom stereocenters. The van der Waals surface area contributed by atoms with E-state index >= 15 is 0 Å². The van der Waals surface area contributed by atoms with E-state index < -0.39 is 0 Å². The Bertz CT molecular complexity index is 9.61. The van der Waals surface area contributed by atoms with Gasteiger partial charge in [-0.2, -0.15) is 0 Å². The van der Waals surface area contributed by atoms with E-state index in [1.54, 1.807) is 0 Å². The second kappa shape index (κ2) is 45.3. The van der Waals surface area contributed by atoms with Crippen molar-refractivity contribution in [3.8, 4) is 0 Å². The molecule has 5 heavy (non-hydrogen) atoms. The molecule has 0 aromatic heterocycles. The summed E-state index contributed by atoms with van der Waals surface area (Å²) in [7, 11) is 0. The second-order valence-corrected chi connectivity index (χ2v) is 0. The molecule has 2 nitrogen and oxygen atoms in total. The van der Waals surface area contributed by atoms with E-state index in [1.165, 1.54) is 0 Å². The number of hydrogen-bond acceptors (Lipinski definition) is 0. The molecule has 0 saturated heterocycles. The molecule has 0 heterocycles. The van der Waals surface area contributed by atoms with E-state index in [0.717, 1.165) is 0 Å². The second-order valence-electron chi connectivity index (χ2n) is 0. The summed E-state index contributed by atoms with van der Waals surface area (Å²) in [4.78, 5) is 0. The molecule has 0 aliphatic carbocycles. The van der Waals surface area contributed by atoms with Crippen LogP contribution in [0.4, 0.5) is 0 Å². The smallest absolute Gasteiger partial charge is 2.00 e. The summed E-state index contributed by atoms with van der Waals surface area (Å²) in [6, 6.07) is 0. The quantitative estimate of drug-likeness (QED) is 0.481. The minimum Gasteiger partial charge on any atom is -2.00 e. The molecule has 1 radical (unpaired) electrons. The summed E-state index contributed by atoms with van der Waals surface area (Å²) in [5, 5.41) is 0. The SMILES string of the molecule is [Co+2].[Ni+2].[O-2].[O-2].[Ti+4]. The molecule has 0 aliphatic rings. The van der Waals surface area contributed by atoms with Crippen molar-refractivity contribution in [2.24, 2.45) is 0 Å². The molecule has 0 N–H and O–H groups in total. The first-order valence-corrected chi connectivity index (χ1v) is 0. The monoisotopic (exact) mass is 197 g/mol. The van der Waals surface area contributed by atoms with Crippen molar-refractivity contribution < 1.29 is 65.9 Å². The normalized spacial score (nSPS) is 0. The van der Waals surface area contributed by atoms with Crippen molar-refractivity contribution >= 4 is 0 Å². The molecule has 0 bridgehead atoms. The van der Waals surface area contributed by atoms with Crippen LogP contribution in [0.15, 0.2) is 0 Å². The minimum atomic E-state index is 0. The van der Waals surface area contributed by atoms with Crippen molar-refractivity contribution in [3.63, 3.8) is 0 Å². The fraction of sp³-hybridized carbons (Fsp3) is 0. The summed E-state index contributed by atoms with van der Waals surface area (Å²) < 4.78 is 0. The van der Waals surface area contributed by atoms with Gasteiger partial charge in [0, 0.05) is 0 Å². The maximum absolute atomic E-state index is 0. The fourth-order valence-corrected chi connectivity index (χ4v) is 0. The minimum absolute atomic E-state index is 0. The maximum Gasteiger partial charge on any atom is 4.00 e. The molecule has 0 unspecified atom stereocenters. The average Bonchev–Trinajstić information content (AvgIpc) is 0. The standard InChI is InChI=1S/Co.Ni.2O.Ti/q2*+2;2*-2;+4. The van der Waals surface area contributed by atoms with Crippen molar-refractivity contribution in [3.05, 3.63) is 0 Å². The first kappa shape index (κ1) is 78.9. The van der Waals surface area contributed by atoms with Gasteiger partial charge in [0.2, 0.25) is 0 Å². The van der Waals surface area contributed by atoms with Crippen LogP contribution in [0, 0.1) is 0 Å². The van der Waals surface area contributed by atoms with Gasteiger partial charge in [-0.15, -0.1) is 0 Å². The molecular formula is CoNiO2Ti+4. The van der Waals surface area contributed by atoms with Crippen molar-refractivity contribution in [1.29, 1.82) is 0 Å². The molecule has 0 aliphatic heterocycles. The van der Waals surface area contributed by atoms with Crippen LogP contribution in [0.25, 0.3) is 0 Å². The van der Waals surface area contributed by atoms with Gasteiger partial charge in [-0.25, -0.2) is 0 Å². The Balaban J connectivity index is 0. The Hall–Kier alpha value is 1.63. The Morgan fingerprint density at radius 1 is 0.800 bits per heavy atom. The van der Waals surface area contributed by atoms with E-state index in [9.17, 15) is 0 Å². The van der Waals surface area contributed by atoms with Gasteiger partial charge in [-0.1, -0.05) is 0 Å². The molecule has 0 rings (SSSR count). The van der Waals surface area contributed by atoms with Gasteiger partial charge in [0.15, 0.2) is 0 Å². The molecule has 31 valence electrons. The summed E-state index contributed by atoms with van der Waals surface area (Å²) in [5.41, 5.74) is 0. The zero-order valence-corrected chi connectivity index (χ0v) is 5.56. The fourth-order valence-electron chi connectivity index (χ4n) is 0. The van der Waals surface area contributed by atoms with Crippen LogP contribution in [0.2, 0.25) is 0 Å². The Kier molecular flexibility index (Phi) is 714. The van der Waals surface area contributed by atoms with E-state index in [4.69, 9.17) is 0 Å². The molecular weight excluding hydrogens is 197 g/mol. The van der Waals surface area contributed by atoms with Crippen molar-refractivity contribution in [2.75, 3.05) is 0 Å². The van der Waals surface area contributed by atoms with Gasteiger partial charge in [-0.3, -0.25) is 0 Å². The van der Waals surface area contributed by atoms with Crippen LogP contribution in [-0.4, -0.2) is 0 Å². The van der Waals surface area contributed by atoms with Crippen LogP contribution in [0.3, 0.4) is 0 Å². The first-order valence-electron chi connectivity index (χ1n) is 0. The third-order valence-electron chi connectivity index (χ3n) is 0. The zero-order valence-electron chi connectivity index (χ0n) is 1.97. The Morgan fingerprint density at radius 2 is 0.800 bits per heavy atom. The molecule has 0 spiro atoms. The van der Waals surface area contributed by atoms with E-state index in [1.807, 2.05) is 0 Å². The van der Waals surface area contributed by atoms with Gasteiger partial charge in [0.05, 0.1) is 0 Å². The van der Waals surface area contributed by atoms with Gasteiger partial charge < -0.3 is 11.0 Å². The van der Waals surface area contributed by atoms with E-state index in [0.29, 0.717) is 0 Å². The van der Waals surface area contributed by atoms with Crippen LogP contribution in [0.1, 0.15) is 0 Å². The first-order chi connectivity index (χ1) is 0. The van der Waals surface area contributed by atoms with Crippen LogP contribution >= 0.6 is 0 Å². The van der Waals surface area contributed by atoms with Gasteiger partial charge in [-0.05, 0) is 0 Å². The molecule has 5 heteroatoms. The Labute approximate surface area is 65.7 Å². The number of hydrogen-bond donors (Lipinski definition) is 0. The Morgan fingerprint density at radius 3 is 0.800 bits per heavy atom. The van der Waals surface area contributed by atoms with Gasteiger partial charge in [0.1, 0.15) is 0 Å². The van der Waals surface area contributed by atoms with Crippen LogP contribution < -0.4 is 0 Å². The van der Waals surface area contributed by atoms with Crippen LogP contribution in [-0.2, 0) is 65.9 Å². The van der Waals surface area contributed by atoms with Gasteiger partial charge in [0.25, 0.3) is 0 Å². The third-order valence-corrected chi connectivity index (χ3v) is 0. The molecule has 0 fully saturated rings. The van der Waals surface area contributed by atoms with Crippen molar-refractivity contribution in [2.45, 2.75) is 0 Å². The largest absolute Gasteiger partial charge is 4.00 e. The topological polar surface area (TPSA) is 57.0 Å². The third kappa shape index (κ3) is 27.9. The summed E-state index contributed by atoms with van der Waals surface area (Å²) in [5.74, 6) is 0. The molecule has 0 saturated carbocycles. The van der Waals surface area contributed by atoms with Gasteiger partial charge >= 0.3 is 55.0 Å². The molecule has 0 aromatic rings. The summed E-state index contributed by atoms with van der Waals surface area (Å²) in [6.45, 7) is 0. The maximum atomic E-state index is 0. The van der Waals surface area contributed by atoms with E-state index in [-0.39, 0.29) is 65.9 Å².